The number of oxime groups is 1. The minimum absolute atomic E-state index is 0.0443. The van der Waals surface area contributed by atoms with Crippen molar-refractivity contribution in [1.29, 1.82) is 0 Å². The topological polar surface area (TPSA) is 186 Å². The molecule has 1 saturated carbocycles. The monoisotopic (exact) mass is 566 g/mol. The Hall–Kier alpha value is -3.02. The molecule has 36 heavy (non-hydrogen) atoms. The van der Waals surface area contributed by atoms with Crippen LogP contribution in [0.1, 0.15) is 36.5 Å². The van der Waals surface area contributed by atoms with Crippen molar-refractivity contribution in [2.24, 2.45) is 5.16 Å². The first kappa shape index (κ1) is 24.7. The van der Waals surface area contributed by atoms with E-state index in [9.17, 15) is 19.5 Å². The van der Waals surface area contributed by atoms with Crippen LogP contribution in [0.5, 0.6) is 0 Å². The molecule has 1 unspecified atom stereocenters. The molecule has 1 saturated heterocycles. The van der Waals surface area contributed by atoms with Crippen molar-refractivity contribution in [2.45, 2.75) is 42.7 Å². The van der Waals surface area contributed by atoms with Crippen LogP contribution in [0, 0.1) is 0 Å². The molecule has 0 spiro atoms. The number of rotatable bonds is 8. The second kappa shape index (κ2) is 9.79. The fraction of sp³-hybridized carbons (Fsp3) is 0.421. The van der Waals surface area contributed by atoms with Crippen LogP contribution in [0.15, 0.2) is 17.2 Å². The average Bonchev–Trinajstić information content (AvgIpc) is 3.65. The van der Waals surface area contributed by atoms with Gasteiger partial charge < -0.3 is 21.0 Å². The first-order valence-electron chi connectivity index (χ1n) is 10.7. The maximum absolute atomic E-state index is 13.4. The van der Waals surface area contributed by atoms with E-state index in [4.69, 9.17) is 22.8 Å². The third-order valence-corrected chi connectivity index (χ3v) is 8.89. The fourth-order valence-electron chi connectivity index (χ4n) is 4.19. The quantitative estimate of drug-likeness (QED) is 0.178. The summed E-state index contributed by atoms with van der Waals surface area (Å²) in [5.41, 5.74) is 3.95. The molecule has 2 atom stereocenters. The molecule has 3 aliphatic rings. The summed E-state index contributed by atoms with van der Waals surface area (Å²) in [7, 11) is 0. The zero-order valence-corrected chi connectivity index (χ0v) is 21.6. The molecule has 2 aromatic heterocycles. The summed E-state index contributed by atoms with van der Waals surface area (Å²) in [6.45, 7) is 0. The number of nitrogens with two attached hydrogens (primary N) is 1. The number of carbonyl (C=O) groups is 3. The van der Waals surface area contributed by atoms with Crippen molar-refractivity contribution in [3.8, 4) is 0 Å². The molecule has 2 aromatic rings. The Balaban J connectivity index is 1.44. The highest BCUT2D eigenvalue weighted by molar-refractivity contribution is 8.00. The highest BCUT2D eigenvalue weighted by Gasteiger charge is 2.65. The molecule has 5 rings (SSSR count). The van der Waals surface area contributed by atoms with Crippen LogP contribution in [0.4, 0.5) is 5.13 Å². The Morgan fingerprint density at radius 1 is 1.36 bits per heavy atom. The summed E-state index contributed by atoms with van der Waals surface area (Å²) < 4.78 is 7.97. The van der Waals surface area contributed by atoms with Gasteiger partial charge in [0.2, 0.25) is 11.5 Å². The molecular weight excluding hydrogens is 549 g/mol. The molecule has 4 N–H and O–H groups in total. The molecular formula is C19H18N8O5S4. The number of aromatic nitrogens is 4. The van der Waals surface area contributed by atoms with Gasteiger partial charge in [0.1, 0.15) is 28.5 Å². The molecule has 188 valence electrons. The van der Waals surface area contributed by atoms with Crippen LogP contribution in [-0.2, 0) is 19.2 Å². The van der Waals surface area contributed by atoms with Gasteiger partial charge in [-0.3, -0.25) is 14.5 Å². The molecule has 0 bridgehead atoms. The van der Waals surface area contributed by atoms with E-state index in [0.29, 0.717) is 10.6 Å². The van der Waals surface area contributed by atoms with E-state index < -0.39 is 28.7 Å². The van der Waals surface area contributed by atoms with E-state index in [0.717, 1.165) is 59.0 Å². The maximum atomic E-state index is 13.4. The van der Waals surface area contributed by atoms with E-state index in [-0.39, 0.29) is 34.2 Å². The molecule has 17 heteroatoms. The summed E-state index contributed by atoms with van der Waals surface area (Å²) in [5, 5.41) is 17.4. The lowest BCUT2D eigenvalue weighted by Gasteiger charge is -2.55. The Kier molecular flexibility index (Phi) is 6.71. The van der Waals surface area contributed by atoms with Gasteiger partial charge in [-0.25, -0.2) is 9.78 Å². The molecule has 2 fully saturated rings. The summed E-state index contributed by atoms with van der Waals surface area (Å²) in [6.07, 6.45) is 4.79. The molecule has 2 aliphatic heterocycles. The normalized spacial score (nSPS) is 24.3. The van der Waals surface area contributed by atoms with Crippen LogP contribution in [0.25, 0.3) is 5.57 Å². The van der Waals surface area contributed by atoms with E-state index in [1.807, 2.05) is 0 Å². The number of hydrogen-bond donors (Lipinski definition) is 3. The lowest BCUT2D eigenvalue weighted by molar-refractivity contribution is -0.153. The SMILES string of the molecule is Nc1nc(C(=NOC2CCCC2)C(=O)NC2(C=S)C(=O)N3C(C(=O)O)=C(c4ncns4)CS[C@H]32)ns1. The summed E-state index contributed by atoms with van der Waals surface area (Å²) >= 11 is 8.34. The minimum atomic E-state index is -1.65. The number of β-lactam (4-membered cyclic amide) rings is 1. The Bertz CT molecular complexity index is 1290. The number of aliphatic carboxylic acids is 1. The van der Waals surface area contributed by atoms with Gasteiger partial charge in [0.05, 0.1) is 0 Å². The first-order valence-corrected chi connectivity index (χ1v) is 13.7. The molecule has 13 nitrogen and oxygen atoms in total. The van der Waals surface area contributed by atoms with E-state index in [1.165, 1.54) is 18.1 Å². The van der Waals surface area contributed by atoms with Crippen molar-refractivity contribution < 1.29 is 24.3 Å². The lowest BCUT2D eigenvalue weighted by atomic mass is 9.87. The lowest BCUT2D eigenvalue weighted by Crippen LogP contribution is -2.80. The van der Waals surface area contributed by atoms with Crippen molar-refractivity contribution in [3.63, 3.8) is 0 Å². The summed E-state index contributed by atoms with van der Waals surface area (Å²) in [5.74, 6) is -2.60. The second-order valence-corrected chi connectivity index (χ2v) is 10.9. The van der Waals surface area contributed by atoms with Gasteiger partial charge in [-0.15, -0.1) is 11.8 Å². The standard InChI is InChI=1S/C19H18N8O5S4/c20-18-23-12(26-36-18)10(25-32-8-3-1-2-4-8)13(28)24-19(6-33)16(31)27-11(15(29)30)9(5-34-17(19)27)14-21-7-22-35-14/h6-8,17H,1-5H2,(H,24,28)(H,29,30)(H2,20,23,26)/t17-,19?/m0/s1. The van der Waals surface area contributed by atoms with Gasteiger partial charge in [0.25, 0.3) is 11.8 Å². The van der Waals surface area contributed by atoms with E-state index in [1.54, 1.807) is 0 Å². The number of fused-ring (bicyclic) bond motifs is 1. The van der Waals surface area contributed by atoms with Crippen molar-refractivity contribution in [2.75, 3.05) is 11.5 Å². The number of nitrogens with one attached hydrogen (secondary N) is 1. The van der Waals surface area contributed by atoms with Crippen molar-refractivity contribution in [1.82, 2.24) is 28.9 Å². The van der Waals surface area contributed by atoms with Crippen LogP contribution in [-0.4, -0.2) is 80.4 Å². The number of carboxylic acids is 1. The predicted molar refractivity (Wildman–Crippen MR) is 136 cm³/mol. The van der Waals surface area contributed by atoms with Gasteiger partial charge in [0, 0.05) is 28.2 Å². The number of nitrogen functional groups attached to an aromatic ring is 1. The largest absolute Gasteiger partial charge is 0.477 e. The number of thiocarbonyl (C=S) groups is 1. The molecule has 0 aromatic carbocycles. The van der Waals surface area contributed by atoms with Crippen molar-refractivity contribution in [3.05, 3.63) is 22.9 Å². The second-order valence-electron chi connectivity index (χ2n) is 8.07. The number of nitrogens with zero attached hydrogens (tertiary/aromatic N) is 6. The summed E-state index contributed by atoms with van der Waals surface area (Å²) in [4.78, 5) is 53.7. The van der Waals surface area contributed by atoms with Crippen LogP contribution in [0.3, 0.4) is 0 Å². The zero-order chi connectivity index (χ0) is 25.4. The third kappa shape index (κ3) is 4.14. The molecule has 2 amide bonds. The number of carboxylic acid groups (broad SMARTS) is 1. The van der Waals surface area contributed by atoms with Gasteiger partial charge in [-0.2, -0.15) is 13.7 Å². The Morgan fingerprint density at radius 2 is 2.14 bits per heavy atom. The maximum Gasteiger partial charge on any atom is 0.353 e. The zero-order valence-electron chi connectivity index (χ0n) is 18.3. The van der Waals surface area contributed by atoms with Gasteiger partial charge >= 0.3 is 5.97 Å². The van der Waals surface area contributed by atoms with Crippen molar-refractivity contribution >= 4 is 86.6 Å². The van der Waals surface area contributed by atoms with Crippen LogP contribution < -0.4 is 11.1 Å². The third-order valence-electron chi connectivity index (χ3n) is 5.90. The first-order chi connectivity index (χ1) is 17.4. The number of hydrogen-bond acceptors (Lipinski definition) is 14. The van der Waals surface area contributed by atoms with Gasteiger partial charge in [-0.05, 0) is 37.2 Å². The Morgan fingerprint density at radius 3 is 2.75 bits per heavy atom. The minimum Gasteiger partial charge on any atom is -0.477 e. The summed E-state index contributed by atoms with van der Waals surface area (Å²) in [6, 6.07) is 0. The van der Waals surface area contributed by atoms with Gasteiger partial charge in [-0.1, -0.05) is 17.4 Å². The van der Waals surface area contributed by atoms with E-state index in [2.05, 4.69) is 29.2 Å². The van der Waals surface area contributed by atoms with E-state index >= 15 is 0 Å². The molecule has 4 heterocycles. The smallest absolute Gasteiger partial charge is 0.353 e. The van der Waals surface area contributed by atoms with Crippen LogP contribution in [0.2, 0.25) is 0 Å². The highest BCUT2D eigenvalue weighted by atomic mass is 32.2. The Labute approximate surface area is 221 Å². The van der Waals surface area contributed by atoms with Crippen LogP contribution >= 0.6 is 47.0 Å². The number of amides is 2. The highest BCUT2D eigenvalue weighted by Crippen LogP contribution is 2.47. The average molecular weight is 567 g/mol. The van der Waals surface area contributed by atoms with Gasteiger partial charge in [0.15, 0.2) is 10.7 Å². The predicted octanol–water partition coefficient (Wildman–Crippen LogP) is 0.901. The molecule has 1 aliphatic carbocycles. The molecule has 0 radical (unpaired) electrons. The fourth-order valence-corrected chi connectivity index (χ4v) is 7.09. The number of carbonyl (C=O) groups excluding carboxylic acids is 2. The number of thioether (sulfide) groups is 1. The number of anilines is 1.